The highest BCUT2D eigenvalue weighted by Crippen LogP contribution is 2.22. The Bertz CT molecular complexity index is 351. The molecule has 1 heterocycles. The lowest BCUT2D eigenvalue weighted by atomic mass is 9.87. The first-order valence-corrected chi connectivity index (χ1v) is 5.32. The van der Waals surface area contributed by atoms with E-state index in [0.29, 0.717) is 5.92 Å². The maximum atomic E-state index is 10.7. The highest BCUT2D eigenvalue weighted by molar-refractivity contribution is 5.75. The van der Waals surface area contributed by atoms with Crippen LogP contribution in [-0.4, -0.2) is 25.4 Å². The summed E-state index contributed by atoms with van der Waals surface area (Å²) in [5.74, 6) is 0.332. The van der Waals surface area contributed by atoms with Crippen LogP contribution < -0.4 is 11.1 Å². The van der Waals surface area contributed by atoms with Crippen LogP contribution in [0.3, 0.4) is 0 Å². The molecule has 1 saturated heterocycles. The zero-order chi connectivity index (χ0) is 10.7. The van der Waals surface area contributed by atoms with Crippen molar-refractivity contribution < 1.29 is 4.79 Å². The van der Waals surface area contributed by atoms with Crippen LogP contribution in [0.1, 0.15) is 28.3 Å². The molecule has 2 unspecified atom stereocenters. The van der Waals surface area contributed by atoms with Gasteiger partial charge in [-0.25, -0.2) is 0 Å². The van der Waals surface area contributed by atoms with Gasteiger partial charge >= 0.3 is 0 Å². The lowest BCUT2D eigenvalue weighted by Crippen LogP contribution is -2.43. The second-order valence-corrected chi connectivity index (χ2v) is 4.05. The molecule has 3 N–H and O–H groups in total. The Labute approximate surface area is 89.7 Å². The summed E-state index contributed by atoms with van der Waals surface area (Å²) >= 11 is 0. The zero-order valence-electron chi connectivity index (χ0n) is 8.65. The average Bonchev–Trinajstić information content (AvgIpc) is 2.30. The van der Waals surface area contributed by atoms with Crippen molar-refractivity contribution in [1.82, 2.24) is 5.32 Å². The third-order valence-corrected chi connectivity index (χ3v) is 3.01. The summed E-state index contributed by atoms with van der Waals surface area (Å²) in [5.41, 5.74) is 7.97. The van der Waals surface area contributed by atoms with Gasteiger partial charge in [-0.2, -0.15) is 0 Å². The lowest BCUT2D eigenvalue weighted by molar-refractivity contribution is 0.112. The van der Waals surface area contributed by atoms with Gasteiger partial charge in [-0.3, -0.25) is 4.79 Å². The van der Waals surface area contributed by atoms with Crippen LogP contribution in [0, 0.1) is 0 Å². The minimum absolute atomic E-state index is 0.202. The van der Waals surface area contributed by atoms with Crippen LogP contribution in [-0.2, 0) is 0 Å². The fourth-order valence-electron chi connectivity index (χ4n) is 2.11. The first-order chi connectivity index (χ1) is 7.31. The molecule has 0 bridgehead atoms. The number of nitrogens with one attached hydrogen (secondary N) is 1. The Morgan fingerprint density at radius 2 is 2.33 bits per heavy atom. The molecule has 2 atom stereocenters. The van der Waals surface area contributed by atoms with Crippen LogP contribution in [0.4, 0.5) is 0 Å². The van der Waals surface area contributed by atoms with Gasteiger partial charge in [0.1, 0.15) is 6.29 Å². The summed E-state index contributed by atoms with van der Waals surface area (Å²) < 4.78 is 0. The summed E-state index contributed by atoms with van der Waals surface area (Å²) in [5, 5.41) is 3.33. The SMILES string of the molecule is NC1CCNCC1c1cccc(C=O)c1. The van der Waals surface area contributed by atoms with Crippen LogP contribution in [0.25, 0.3) is 0 Å². The van der Waals surface area contributed by atoms with Crippen LogP contribution in [0.2, 0.25) is 0 Å². The molecule has 2 rings (SSSR count). The van der Waals surface area contributed by atoms with Gasteiger partial charge in [-0.15, -0.1) is 0 Å². The predicted octanol–water partition coefficient (Wildman–Crippen LogP) is 0.903. The summed E-state index contributed by atoms with van der Waals surface area (Å²) in [7, 11) is 0. The van der Waals surface area contributed by atoms with Crippen molar-refractivity contribution in [2.45, 2.75) is 18.4 Å². The summed E-state index contributed by atoms with van der Waals surface area (Å²) in [6.45, 7) is 1.90. The predicted molar refractivity (Wildman–Crippen MR) is 60.0 cm³/mol. The maximum Gasteiger partial charge on any atom is 0.150 e. The summed E-state index contributed by atoms with van der Waals surface area (Å²) in [6.07, 6.45) is 1.88. The molecule has 3 nitrogen and oxygen atoms in total. The van der Waals surface area contributed by atoms with E-state index in [-0.39, 0.29) is 6.04 Å². The van der Waals surface area contributed by atoms with Gasteiger partial charge < -0.3 is 11.1 Å². The van der Waals surface area contributed by atoms with Crippen molar-refractivity contribution in [3.63, 3.8) is 0 Å². The van der Waals surface area contributed by atoms with E-state index < -0.39 is 0 Å². The van der Waals surface area contributed by atoms with E-state index in [1.807, 2.05) is 24.3 Å². The van der Waals surface area contributed by atoms with Crippen LogP contribution >= 0.6 is 0 Å². The monoisotopic (exact) mass is 204 g/mol. The summed E-state index contributed by atoms with van der Waals surface area (Å²) in [4.78, 5) is 10.7. The maximum absolute atomic E-state index is 10.7. The van der Waals surface area contributed by atoms with E-state index in [9.17, 15) is 4.79 Å². The standard InChI is InChI=1S/C12H16N2O/c13-12-4-5-14-7-11(12)10-3-1-2-9(6-10)8-15/h1-3,6,8,11-12,14H,4-5,7,13H2. The third-order valence-electron chi connectivity index (χ3n) is 3.01. The number of rotatable bonds is 2. The first-order valence-electron chi connectivity index (χ1n) is 5.32. The Balaban J connectivity index is 2.23. The number of carbonyl (C=O) groups excluding carboxylic acids is 1. The number of carbonyl (C=O) groups is 1. The molecule has 1 aliphatic heterocycles. The molecule has 1 fully saturated rings. The molecule has 0 aromatic heterocycles. The Morgan fingerprint density at radius 1 is 1.47 bits per heavy atom. The molecule has 80 valence electrons. The lowest BCUT2D eigenvalue weighted by Gasteiger charge is -2.29. The number of piperidine rings is 1. The largest absolute Gasteiger partial charge is 0.327 e. The van der Waals surface area contributed by atoms with Crippen molar-refractivity contribution >= 4 is 6.29 Å². The van der Waals surface area contributed by atoms with Gasteiger partial charge in [0.15, 0.2) is 0 Å². The van der Waals surface area contributed by atoms with Gasteiger partial charge in [-0.1, -0.05) is 18.2 Å². The van der Waals surface area contributed by atoms with Crippen molar-refractivity contribution in [2.24, 2.45) is 5.73 Å². The van der Waals surface area contributed by atoms with Gasteiger partial charge in [0.25, 0.3) is 0 Å². The highest BCUT2D eigenvalue weighted by Gasteiger charge is 2.22. The zero-order valence-corrected chi connectivity index (χ0v) is 8.65. The second kappa shape index (κ2) is 4.55. The van der Waals surface area contributed by atoms with E-state index in [0.717, 1.165) is 31.4 Å². The van der Waals surface area contributed by atoms with E-state index in [2.05, 4.69) is 5.32 Å². The second-order valence-electron chi connectivity index (χ2n) is 4.05. The first kappa shape index (κ1) is 10.3. The molecule has 0 saturated carbocycles. The molecule has 0 aliphatic carbocycles. The van der Waals surface area contributed by atoms with Gasteiger partial charge in [0.05, 0.1) is 0 Å². The van der Waals surface area contributed by atoms with Crippen molar-refractivity contribution in [1.29, 1.82) is 0 Å². The minimum Gasteiger partial charge on any atom is -0.327 e. The van der Waals surface area contributed by atoms with Gasteiger partial charge in [0.2, 0.25) is 0 Å². The fourth-order valence-corrected chi connectivity index (χ4v) is 2.11. The molecule has 1 aliphatic rings. The Morgan fingerprint density at radius 3 is 3.07 bits per heavy atom. The number of hydrogen-bond donors (Lipinski definition) is 2. The van der Waals surface area contributed by atoms with E-state index in [1.165, 1.54) is 5.56 Å². The van der Waals surface area contributed by atoms with Crippen molar-refractivity contribution in [2.75, 3.05) is 13.1 Å². The quantitative estimate of drug-likeness (QED) is 0.704. The molecule has 1 aromatic carbocycles. The normalized spacial score (nSPS) is 26.2. The van der Waals surface area contributed by atoms with Crippen molar-refractivity contribution in [3.8, 4) is 0 Å². The van der Waals surface area contributed by atoms with Crippen molar-refractivity contribution in [3.05, 3.63) is 35.4 Å². The van der Waals surface area contributed by atoms with Gasteiger partial charge in [-0.05, 0) is 24.6 Å². The molecule has 0 amide bonds. The number of hydrogen-bond acceptors (Lipinski definition) is 3. The van der Waals surface area contributed by atoms with Gasteiger partial charge in [0, 0.05) is 24.1 Å². The molecular weight excluding hydrogens is 188 g/mol. The van der Waals surface area contributed by atoms with E-state index >= 15 is 0 Å². The van der Waals surface area contributed by atoms with Crippen LogP contribution in [0.15, 0.2) is 24.3 Å². The number of aldehydes is 1. The third kappa shape index (κ3) is 2.25. The molecule has 1 aromatic rings. The summed E-state index contributed by atoms with van der Waals surface area (Å²) in [6, 6.07) is 7.92. The number of nitrogens with two attached hydrogens (primary N) is 1. The average molecular weight is 204 g/mol. The highest BCUT2D eigenvalue weighted by atomic mass is 16.1. The van der Waals surface area contributed by atoms with E-state index in [1.54, 1.807) is 0 Å². The molecule has 3 heteroatoms. The topological polar surface area (TPSA) is 55.1 Å². The van der Waals surface area contributed by atoms with Crippen LogP contribution in [0.5, 0.6) is 0 Å². The molecule has 0 spiro atoms. The number of benzene rings is 1. The molecular formula is C12H16N2O. The van der Waals surface area contributed by atoms with E-state index in [4.69, 9.17) is 5.73 Å². The Kier molecular flexibility index (Phi) is 3.14. The Hall–Kier alpha value is -1.19. The molecule has 15 heavy (non-hydrogen) atoms. The smallest absolute Gasteiger partial charge is 0.150 e. The molecule has 0 radical (unpaired) electrons. The minimum atomic E-state index is 0.202. The fraction of sp³-hybridized carbons (Fsp3) is 0.417.